The van der Waals surface area contributed by atoms with Crippen LogP contribution in [-0.2, 0) is 4.79 Å². The molecule has 4 fully saturated rings. The number of amides is 1. The molecular formula is C14H20N4O. The Hall–Kier alpha value is -1.57. The Morgan fingerprint density at radius 1 is 1.26 bits per heavy atom. The van der Waals surface area contributed by atoms with Gasteiger partial charge in [-0.05, 0) is 56.3 Å². The van der Waals surface area contributed by atoms with Gasteiger partial charge in [0.25, 0.3) is 5.91 Å². The number of carbonyl (C=O) groups is 1. The van der Waals surface area contributed by atoms with Gasteiger partial charge >= 0.3 is 0 Å². The van der Waals surface area contributed by atoms with E-state index >= 15 is 0 Å². The zero-order valence-corrected chi connectivity index (χ0v) is 11.3. The molecule has 0 heterocycles. The first-order valence-corrected chi connectivity index (χ1v) is 7.05. The van der Waals surface area contributed by atoms with Gasteiger partial charge < -0.3 is 5.73 Å². The summed E-state index contributed by atoms with van der Waals surface area (Å²) in [5, 5.41) is 15.0. The summed E-state index contributed by atoms with van der Waals surface area (Å²) < 4.78 is 0. The zero-order chi connectivity index (χ0) is 13.6. The second kappa shape index (κ2) is 4.22. The summed E-state index contributed by atoms with van der Waals surface area (Å²) in [6.45, 7) is 0. The van der Waals surface area contributed by atoms with Crippen molar-refractivity contribution in [3.05, 3.63) is 0 Å². The van der Waals surface area contributed by atoms with E-state index in [0.29, 0.717) is 0 Å². The molecule has 0 unspecified atom stereocenters. The third-order valence-corrected chi connectivity index (χ3v) is 5.28. The molecule has 0 aromatic rings. The number of hydrogen-bond acceptors (Lipinski definition) is 4. The third-order valence-electron chi connectivity index (χ3n) is 5.28. The number of nitriles is 1. The van der Waals surface area contributed by atoms with Gasteiger partial charge in [-0.25, -0.2) is 0 Å². The van der Waals surface area contributed by atoms with E-state index in [1.54, 1.807) is 6.07 Å². The van der Waals surface area contributed by atoms with Crippen LogP contribution in [0.15, 0.2) is 5.10 Å². The minimum absolute atomic E-state index is 0.0618. The quantitative estimate of drug-likeness (QED) is 0.612. The van der Waals surface area contributed by atoms with Crippen molar-refractivity contribution < 1.29 is 4.79 Å². The van der Waals surface area contributed by atoms with E-state index in [9.17, 15) is 4.79 Å². The maximum absolute atomic E-state index is 11.1. The average molecular weight is 260 g/mol. The molecular weight excluding hydrogens is 240 g/mol. The highest BCUT2D eigenvalue weighted by molar-refractivity contribution is 6.44. The van der Waals surface area contributed by atoms with Crippen molar-refractivity contribution >= 4 is 11.6 Å². The fourth-order valence-corrected chi connectivity index (χ4v) is 4.84. The van der Waals surface area contributed by atoms with Gasteiger partial charge in [0.05, 0.1) is 5.54 Å². The number of hydrogen-bond donors (Lipinski definition) is 1. The lowest BCUT2D eigenvalue weighted by atomic mass is 9.53. The van der Waals surface area contributed by atoms with Gasteiger partial charge in [-0.1, -0.05) is 0 Å². The molecule has 5 heteroatoms. The molecule has 1 amide bonds. The van der Waals surface area contributed by atoms with Crippen LogP contribution in [0.3, 0.4) is 0 Å². The Morgan fingerprint density at radius 2 is 1.74 bits per heavy atom. The van der Waals surface area contributed by atoms with Gasteiger partial charge in [0.2, 0.25) is 5.71 Å². The first-order valence-electron chi connectivity index (χ1n) is 7.05. The number of hydrazone groups is 1. The van der Waals surface area contributed by atoms with E-state index in [4.69, 9.17) is 11.0 Å². The highest BCUT2D eigenvalue weighted by atomic mass is 16.1. The summed E-state index contributed by atoms with van der Waals surface area (Å²) in [6, 6.07) is 1.80. The van der Waals surface area contributed by atoms with Crippen molar-refractivity contribution in [3.8, 4) is 6.07 Å². The minimum Gasteiger partial charge on any atom is -0.364 e. The number of nitrogens with two attached hydrogens (primary N) is 1. The highest BCUT2D eigenvalue weighted by Gasteiger charge is 2.53. The Labute approximate surface area is 113 Å². The molecule has 4 aliphatic carbocycles. The number of rotatable bonds is 3. The lowest BCUT2D eigenvalue weighted by Gasteiger charge is -2.59. The second-order valence-corrected chi connectivity index (χ2v) is 6.59. The molecule has 0 spiro atoms. The van der Waals surface area contributed by atoms with Gasteiger partial charge in [-0.3, -0.25) is 9.80 Å². The van der Waals surface area contributed by atoms with E-state index in [0.717, 1.165) is 37.0 Å². The van der Waals surface area contributed by atoms with Crippen LogP contribution in [0.25, 0.3) is 0 Å². The average Bonchev–Trinajstić information content (AvgIpc) is 2.33. The first-order chi connectivity index (χ1) is 9.02. The van der Waals surface area contributed by atoms with Crippen molar-refractivity contribution in [1.29, 1.82) is 5.26 Å². The summed E-state index contributed by atoms with van der Waals surface area (Å²) in [6.07, 6.45) is 7.52. The third kappa shape index (κ3) is 1.99. The second-order valence-electron chi connectivity index (χ2n) is 6.59. The standard InChI is InChI=1S/C14H20N4O/c1-18(17-12(8-15)13(16)19)14-5-9-2-10(6-14)4-11(3-9)7-14/h9-11H,2-7H2,1H3,(H2,16,19)/b17-12+. The molecule has 4 aliphatic rings. The van der Waals surface area contributed by atoms with Crippen LogP contribution in [0, 0.1) is 29.1 Å². The molecule has 19 heavy (non-hydrogen) atoms. The summed E-state index contributed by atoms with van der Waals surface area (Å²) >= 11 is 0. The van der Waals surface area contributed by atoms with E-state index in [1.165, 1.54) is 19.3 Å². The maximum atomic E-state index is 11.1. The fraction of sp³-hybridized carbons (Fsp3) is 0.786. The molecule has 4 bridgehead atoms. The van der Waals surface area contributed by atoms with Crippen LogP contribution in [0.1, 0.15) is 38.5 Å². The molecule has 0 aromatic heterocycles. The van der Waals surface area contributed by atoms with Crippen LogP contribution in [0.5, 0.6) is 0 Å². The van der Waals surface area contributed by atoms with Crippen molar-refractivity contribution in [3.63, 3.8) is 0 Å². The predicted molar refractivity (Wildman–Crippen MR) is 70.9 cm³/mol. The Bertz CT molecular complexity index is 441. The van der Waals surface area contributed by atoms with E-state index in [-0.39, 0.29) is 11.3 Å². The van der Waals surface area contributed by atoms with Crippen LogP contribution in [0.2, 0.25) is 0 Å². The number of primary amides is 1. The minimum atomic E-state index is -0.737. The SMILES string of the molecule is CN(/N=C(\C#N)C(N)=O)C12CC3CC(CC(C3)C1)C2. The Morgan fingerprint density at radius 3 is 2.11 bits per heavy atom. The summed E-state index contributed by atoms with van der Waals surface area (Å²) in [4.78, 5) is 11.1. The highest BCUT2D eigenvalue weighted by Crippen LogP contribution is 2.57. The molecule has 4 rings (SSSR count). The van der Waals surface area contributed by atoms with Crippen LogP contribution >= 0.6 is 0 Å². The normalized spacial score (nSPS) is 40.0. The Balaban J connectivity index is 1.85. The fourth-order valence-electron chi connectivity index (χ4n) is 4.84. The molecule has 2 N–H and O–H groups in total. The van der Waals surface area contributed by atoms with Crippen molar-refractivity contribution in [2.75, 3.05) is 7.05 Å². The van der Waals surface area contributed by atoms with Crippen molar-refractivity contribution in [1.82, 2.24) is 5.01 Å². The van der Waals surface area contributed by atoms with Crippen LogP contribution in [0.4, 0.5) is 0 Å². The summed E-state index contributed by atoms with van der Waals surface area (Å²) in [5.41, 5.74) is 5.05. The van der Waals surface area contributed by atoms with Gasteiger partial charge in [0, 0.05) is 7.05 Å². The smallest absolute Gasteiger partial charge is 0.280 e. The Kier molecular flexibility index (Phi) is 2.77. The molecule has 0 radical (unpaired) electrons. The zero-order valence-electron chi connectivity index (χ0n) is 11.3. The van der Waals surface area contributed by atoms with E-state index in [1.807, 2.05) is 12.1 Å². The largest absolute Gasteiger partial charge is 0.364 e. The van der Waals surface area contributed by atoms with Gasteiger partial charge in [-0.2, -0.15) is 10.4 Å². The molecule has 5 nitrogen and oxygen atoms in total. The van der Waals surface area contributed by atoms with Crippen molar-refractivity contribution in [2.45, 2.75) is 44.1 Å². The first kappa shape index (κ1) is 12.5. The van der Waals surface area contributed by atoms with Crippen LogP contribution < -0.4 is 5.73 Å². The monoisotopic (exact) mass is 260 g/mol. The molecule has 0 aromatic carbocycles. The van der Waals surface area contributed by atoms with E-state index in [2.05, 4.69) is 5.10 Å². The number of nitrogens with zero attached hydrogens (tertiary/aromatic N) is 3. The molecule has 0 aliphatic heterocycles. The lowest BCUT2D eigenvalue weighted by Crippen LogP contribution is -2.57. The van der Waals surface area contributed by atoms with E-state index < -0.39 is 5.91 Å². The molecule has 0 saturated heterocycles. The van der Waals surface area contributed by atoms with Gasteiger partial charge in [-0.15, -0.1) is 0 Å². The maximum Gasteiger partial charge on any atom is 0.280 e. The topological polar surface area (TPSA) is 82.5 Å². The number of carbonyl (C=O) groups excluding carboxylic acids is 1. The van der Waals surface area contributed by atoms with Gasteiger partial charge in [0.1, 0.15) is 6.07 Å². The predicted octanol–water partition coefficient (Wildman–Crippen LogP) is 1.25. The molecule has 4 saturated carbocycles. The summed E-state index contributed by atoms with van der Waals surface area (Å²) in [5.74, 6) is 1.69. The van der Waals surface area contributed by atoms with Crippen molar-refractivity contribution in [2.24, 2.45) is 28.6 Å². The van der Waals surface area contributed by atoms with Crippen LogP contribution in [-0.4, -0.2) is 29.2 Å². The summed E-state index contributed by atoms with van der Waals surface area (Å²) in [7, 11) is 1.90. The molecule has 0 atom stereocenters. The lowest BCUT2D eigenvalue weighted by molar-refractivity contribution is -0.112. The van der Waals surface area contributed by atoms with Gasteiger partial charge in [0.15, 0.2) is 0 Å². The molecule has 102 valence electrons.